The number of carbonyl (C=O) groups is 5. The molecule has 2 fully saturated rings. The Morgan fingerprint density at radius 3 is 1.79 bits per heavy atom. The molecule has 11 heteroatoms. The van der Waals surface area contributed by atoms with Gasteiger partial charge in [-0.15, -0.1) is 0 Å². The lowest BCUT2D eigenvalue weighted by Crippen LogP contribution is -2.63. The van der Waals surface area contributed by atoms with Crippen LogP contribution in [0.1, 0.15) is 121 Å². The van der Waals surface area contributed by atoms with Gasteiger partial charge in [-0.05, 0) is 55.9 Å². The third-order valence-corrected chi connectivity index (χ3v) is 10.8. The van der Waals surface area contributed by atoms with Crippen molar-refractivity contribution < 1.29 is 52.8 Å². The van der Waals surface area contributed by atoms with Crippen LogP contribution in [0, 0.1) is 34.5 Å². The molecule has 0 aromatic rings. The zero-order chi connectivity index (χ0) is 36.1. The summed E-state index contributed by atoms with van der Waals surface area (Å²) in [6.45, 7) is 18.2. The van der Waals surface area contributed by atoms with E-state index in [4.69, 9.17) is 23.7 Å². The number of rotatable bonds is 13. The van der Waals surface area contributed by atoms with Crippen molar-refractivity contribution in [2.75, 3.05) is 0 Å². The first-order chi connectivity index (χ1) is 22.5. The van der Waals surface area contributed by atoms with Crippen molar-refractivity contribution in [3.8, 4) is 0 Å². The maximum atomic E-state index is 13.3. The highest BCUT2D eigenvalue weighted by Gasteiger charge is 2.74. The second kappa shape index (κ2) is 16.2. The van der Waals surface area contributed by atoms with Gasteiger partial charge < -0.3 is 28.8 Å². The van der Waals surface area contributed by atoms with E-state index < -0.39 is 95.1 Å². The van der Waals surface area contributed by atoms with Gasteiger partial charge in [0.2, 0.25) is 0 Å². The van der Waals surface area contributed by atoms with Gasteiger partial charge in [0, 0.05) is 49.4 Å². The number of hydrogen-bond donors (Lipinski definition) is 1. The van der Waals surface area contributed by atoms with Crippen LogP contribution in [0.15, 0.2) is 11.6 Å². The zero-order valence-electron chi connectivity index (χ0n) is 30.5. The molecule has 272 valence electrons. The quantitative estimate of drug-likeness (QED) is 0.147. The number of hydrogen-bond acceptors (Lipinski definition) is 11. The fourth-order valence-electron chi connectivity index (χ4n) is 8.62. The maximum absolute atomic E-state index is 13.3. The normalized spacial score (nSPS) is 35.8. The Hall–Kier alpha value is -2.95. The molecule has 11 atom stereocenters. The summed E-state index contributed by atoms with van der Waals surface area (Å²) in [6, 6.07) is 0. The van der Waals surface area contributed by atoms with Gasteiger partial charge in [-0.25, -0.2) is 0 Å². The molecule has 0 unspecified atom stereocenters. The van der Waals surface area contributed by atoms with Gasteiger partial charge in [-0.2, -0.15) is 0 Å². The van der Waals surface area contributed by atoms with E-state index in [0.717, 1.165) is 0 Å². The highest BCUT2D eigenvalue weighted by atomic mass is 16.6. The lowest BCUT2D eigenvalue weighted by Gasteiger charge is -2.58. The second-order valence-corrected chi connectivity index (χ2v) is 14.7. The lowest BCUT2D eigenvalue weighted by molar-refractivity contribution is -0.226. The van der Waals surface area contributed by atoms with Gasteiger partial charge in [0.05, 0.1) is 0 Å². The van der Waals surface area contributed by atoms with Crippen molar-refractivity contribution in [1.29, 1.82) is 0 Å². The van der Waals surface area contributed by atoms with Crippen LogP contribution in [0.5, 0.6) is 0 Å². The fourth-order valence-corrected chi connectivity index (χ4v) is 8.62. The van der Waals surface area contributed by atoms with Crippen molar-refractivity contribution in [3.05, 3.63) is 11.6 Å². The first-order valence-corrected chi connectivity index (χ1v) is 17.8. The molecule has 0 radical (unpaired) electrons. The predicted octanol–water partition coefficient (Wildman–Crippen LogP) is 5.63. The third kappa shape index (κ3) is 7.76. The highest BCUT2D eigenvalue weighted by Crippen LogP contribution is 2.67. The Labute approximate surface area is 285 Å². The second-order valence-electron chi connectivity index (χ2n) is 14.7. The fraction of sp³-hybridized carbons (Fsp3) is 0.811. The zero-order valence-corrected chi connectivity index (χ0v) is 30.5. The topological polar surface area (TPSA) is 152 Å². The molecule has 0 aromatic carbocycles. The summed E-state index contributed by atoms with van der Waals surface area (Å²) >= 11 is 0. The lowest BCUT2D eigenvalue weighted by atomic mass is 9.49. The monoisotopic (exact) mass is 678 g/mol. The average molecular weight is 679 g/mol. The van der Waals surface area contributed by atoms with E-state index in [1.807, 2.05) is 54.5 Å². The summed E-state index contributed by atoms with van der Waals surface area (Å²) in [7, 11) is 0. The van der Waals surface area contributed by atoms with Crippen molar-refractivity contribution in [2.24, 2.45) is 34.5 Å². The van der Waals surface area contributed by atoms with Crippen molar-refractivity contribution in [2.45, 2.75) is 157 Å². The molecule has 0 aliphatic heterocycles. The van der Waals surface area contributed by atoms with E-state index >= 15 is 0 Å². The van der Waals surface area contributed by atoms with E-state index in [0.29, 0.717) is 24.8 Å². The van der Waals surface area contributed by atoms with Crippen LogP contribution < -0.4 is 0 Å². The van der Waals surface area contributed by atoms with Crippen LogP contribution in [-0.2, 0) is 47.7 Å². The van der Waals surface area contributed by atoms with Crippen molar-refractivity contribution in [3.63, 3.8) is 0 Å². The Morgan fingerprint density at radius 2 is 1.31 bits per heavy atom. The molecular formula is C37H58O11. The van der Waals surface area contributed by atoms with Crippen LogP contribution >= 0.6 is 0 Å². The first kappa shape index (κ1) is 39.5. The van der Waals surface area contributed by atoms with Gasteiger partial charge >= 0.3 is 29.8 Å². The molecule has 48 heavy (non-hydrogen) atoms. The molecule has 0 aromatic heterocycles. The molecule has 1 N–H and O–H groups in total. The number of carbonyl (C=O) groups excluding carboxylic acids is 5. The van der Waals surface area contributed by atoms with Crippen LogP contribution in [-0.4, -0.2) is 71.6 Å². The first-order valence-electron chi connectivity index (χ1n) is 17.8. The molecule has 3 aliphatic carbocycles. The van der Waals surface area contributed by atoms with Crippen LogP contribution in [0.25, 0.3) is 0 Å². The summed E-state index contributed by atoms with van der Waals surface area (Å²) in [5, 5.41) is 11.7. The minimum absolute atomic E-state index is 0.0862. The molecule has 0 amide bonds. The molecule has 3 aliphatic rings. The summed E-state index contributed by atoms with van der Waals surface area (Å²) in [5.41, 5.74) is -1.60. The van der Waals surface area contributed by atoms with Crippen molar-refractivity contribution in [1.82, 2.24) is 0 Å². The van der Waals surface area contributed by atoms with Gasteiger partial charge in [-0.1, -0.05) is 61.5 Å². The number of fused-ring (bicyclic) bond motifs is 3. The van der Waals surface area contributed by atoms with E-state index in [2.05, 4.69) is 0 Å². The van der Waals surface area contributed by atoms with Crippen molar-refractivity contribution >= 4 is 29.8 Å². The van der Waals surface area contributed by atoms with Crippen LogP contribution in [0.3, 0.4) is 0 Å². The summed E-state index contributed by atoms with van der Waals surface area (Å²) in [4.78, 5) is 65.4. The van der Waals surface area contributed by atoms with Gasteiger partial charge in [0.25, 0.3) is 0 Å². The van der Waals surface area contributed by atoms with E-state index in [9.17, 15) is 29.1 Å². The number of aliphatic hydroxyl groups is 1. The third-order valence-electron chi connectivity index (χ3n) is 10.8. The maximum Gasteiger partial charge on any atom is 0.306 e. The largest absolute Gasteiger partial charge is 0.462 e. The Morgan fingerprint density at radius 1 is 0.792 bits per heavy atom. The summed E-state index contributed by atoms with van der Waals surface area (Å²) in [5.74, 6) is -3.94. The molecule has 0 saturated heterocycles. The van der Waals surface area contributed by atoms with E-state index in [1.165, 1.54) is 6.92 Å². The highest BCUT2D eigenvalue weighted by molar-refractivity contribution is 5.72. The van der Waals surface area contributed by atoms with E-state index in [-0.39, 0.29) is 38.0 Å². The Bertz CT molecular complexity index is 1230. The molecule has 0 bridgehead atoms. The number of aliphatic hydroxyl groups excluding tert-OH is 1. The molecule has 3 rings (SSSR count). The minimum Gasteiger partial charge on any atom is -0.462 e. The molecule has 0 heterocycles. The molecule has 0 spiro atoms. The Kier molecular flexibility index (Phi) is 13.3. The standard InChI is InChI=1S/C37H58O11/c1-11-15-26(40)46-32-29(20(5)6)30-23-18-21(7)31(43)33(44-22(8)38)34(47-27(41)16-12-2)36(23,9)19-24(45-25(39)14-4)37(30,10)35(32)48-28(42)17-13-3/h18,20,23-24,29-35,43H,11-17,19H2,1-10H3/t23-,24-,29+,30+,31-,32+,33-,34+,35-,36+,37-/m0/s1. The number of esters is 5. The van der Waals surface area contributed by atoms with E-state index in [1.54, 1.807) is 13.8 Å². The Balaban J connectivity index is 2.40. The van der Waals surface area contributed by atoms with Crippen LogP contribution in [0.2, 0.25) is 0 Å². The molecule has 11 nitrogen and oxygen atoms in total. The summed E-state index contributed by atoms with van der Waals surface area (Å²) < 4.78 is 30.8. The molecular weight excluding hydrogens is 620 g/mol. The van der Waals surface area contributed by atoms with Gasteiger partial charge in [-0.3, -0.25) is 24.0 Å². The van der Waals surface area contributed by atoms with Gasteiger partial charge in [0.1, 0.15) is 30.5 Å². The molecule has 2 saturated carbocycles. The SMILES string of the molecule is CCCC(=O)O[C@@H]1[C@H](C(C)C)[C@H]2[C@@H]3C=C(C)[C@H](O)[C@H](OC(C)=O)[C@@H](OC(=O)CCC)[C@]3(C)C[C@H](OC(=O)CC)[C@]2(C)[C@H]1OC(=O)CCC. The number of allylic oxidation sites excluding steroid dienone is 1. The number of ether oxygens (including phenoxy) is 5. The van der Waals surface area contributed by atoms with Gasteiger partial charge in [0.15, 0.2) is 6.10 Å². The van der Waals surface area contributed by atoms with Crippen LogP contribution in [0.4, 0.5) is 0 Å². The summed E-state index contributed by atoms with van der Waals surface area (Å²) in [6.07, 6.45) is -2.12. The smallest absolute Gasteiger partial charge is 0.306 e. The average Bonchev–Trinajstić information content (AvgIpc) is 3.20. The predicted molar refractivity (Wildman–Crippen MR) is 176 cm³/mol. The minimum atomic E-state index is -1.30.